The SMILES string of the molecule is COCCOC1C(Br)CC1Oc1cc([N+](=O)[O-])ccc1Cl. The molecule has 8 heteroatoms. The van der Waals surface area contributed by atoms with Crippen molar-refractivity contribution in [2.45, 2.75) is 23.5 Å². The van der Waals surface area contributed by atoms with Crippen LogP contribution in [0.5, 0.6) is 5.75 Å². The molecule has 1 saturated carbocycles. The number of hydrogen-bond donors (Lipinski definition) is 0. The number of ether oxygens (including phenoxy) is 3. The van der Waals surface area contributed by atoms with Crippen molar-refractivity contribution in [3.05, 3.63) is 33.3 Å². The molecule has 0 aliphatic heterocycles. The standard InChI is InChI=1S/C13H15BrClNO5/c1-19-4-5-20-13-9(14)7-12(13)21-11-6-8(16(17)18)2-3-10(11)15/h2-3,6,9,12-13H,4-5,7H2,1H3. The molecule has 1 aliphatic rings. The summed E-state index contributed by atoms with van der Waals surface area (Å²) in [7, 11) is 1.60. The van der Waals surface area contributed by atoms with E-state index in [1.54, 1.807) is 7.11 Å². The second kappa shape index (κ2) is 7.40. The van der Waals surface area contributed by atoms with Crippen LogP contribution in [0.2, 0.25) is 5.02 Å². The molecular formula is C13H15BrClNO5. The first-order valence-electron chi connectivity index (χ1n) is 6.38. The molecule has 2 rings (SSSR count). The van der Waals surface area contributed by atoms with Crippen LogP contribution in [0.25, 0.3) is 0 Å². The first-order valence-corrected chi connectivity index (χ1v) is 7.67. The molecule has 0 amide bonds. The zero-order valence-electron chi connectivity index (χ0n) is 11.3. The lowest BCUT2D eigenvalue weighted by Gasteiger charge is -2.40. The molecule has 3 atom stereocenters. The van der Waals surface area contributed by atoms with Crippen LogP contribution in [-0.2, 0) is 9.47 Å². The first kappa shape index (κ1) is 16.5. The van der Waals surface area contributed by atoms with Gasteiger partial charge >= 0.3 is 0 Å². The smallest absolute Gasteiger partial charge is 0.273 e. The number of benzene rings is 1. The van der Waals surface area contributed by atoms with E-state index < -0.39 is 4.92 Å². The maximum atomic E-state index is 10.8. The van der Waals surface area contributed by atoms with Crippen LogP contribution in [0.4, 0.5) is 5.69 Å². The Kier molecular flexibility index (Phi) is 5.80. The molecule has 3 unspecified atom stereocenters. The fourth-order valence-corrected chi connectivity index (χ4v) is 3.00. The van der Waals surface area contributed by atoms with Crippen LogP contribution in [0, 0.1) is 10.1 Å². The topological polar surface area (TPSA) is 70.8 Å². The Morgan fingerprint density at radius 1 is 1.48 bits per heavy atom. The van der Waals surface area contributed by atoms with E-state index >= 15 is 0 Å². The molecule has 1 aromatic carbocycles. The van der Waals surface area contributed by atoms with Gasteiger partial charge in [-0.05, 0) is 6.07 Å². The van der Waals surface area contributed by atoms with Gasteiger partial charge in [0, 0.05) is 24.4 Å². The first-order chi connectivity index (χ1) is 10.0. The normalized spacial score (nSPS) is 24.4. The quantitative estimate of drug-likeness (QED) is 0.314. The lowest BCUT2D eigenvalue weighted by atomic mass is 9.91. The fraction of sp³-hybridized carbons (Fsp3) is 0.538. The number of halogens is 2. The maximum Gasteiger partial charge on any atom is 0.273 e. The van der Waals surface area contributed by atoms with E-state index in [-0.39, 0.29) is 22.7 Å². The summed E-state index contributed by atoms with van der Waals surface area (Å²) in [4.78, 5) is 10.5. The largest absolute Gasteiger partial charge is 0.486 e. The van der Waals surface area contributed by atoms with E-state index in [0.29, 0.717) is 24.0 Å². The predicted octanol–water partition coefficient (Wildman–Crippen LogP) is 3.19. The molecule has 0 bridgehead atoms. The Balaban J connectivity index is 2.00. The Labute approximate surface area is 135 Å². The van der Waals surface area contributed by atoms with Gasteiger partial charge in [-0.1, -0.05) is 27.5 Å². The average Bonchev–Trinajstić information content (AvgIpc) is 2.44. The van der Waals surface area contributed by atoms with Crippen LogP contribution in [-0.4, -0.2) is 42.3 Å². The third kappa shape index (κ3) is 4.06. The molecule has 0 spiro atoms. The lowest BCUT2D eigenvalue weighted by molar-refractivity contribution is -0.385. The van der Waals surface area contributed by atoms with E-state index in [1.807, 2.05) is 0 Å². The summed E-state index contributed by atoms with van der Waals surface area (Å²) in [6, 6.07) is 4.13. The van der Waals surface area contributed by atoms with E-state index in [9.17, 15) is 10.1 Å². The summed E-state index contributed by atoms with van der Waals surface area (Å²) in [6.45, 7) is 0.965. The van der Waals surface area contributed by atoms with Crippen molar-refractivity contribution >= 4 is 33.2 Å². The van der Waals surface area contributed by atoms with Gasteiger partial charge in [0.05, 0.1) is 29.2 Å². The second-order valence-corrected chi connectivity index (χ2v) is 6.19. The molecule has 21 heavy (non-hydrogen) atoms. The van der Waals surface area contributed by atoms with E-state index in [0.717, 1.165) is 6.42 Å². The minimum absolute atomic E-state index is 0.0547. The van der Waals surface area contributed by atoms with E-state index in [4.69, 9.17) is 25.8 Å². The number of nitro benzene ring substituents is 1. The highest BCUT2D eigenvalue weighted by Gasteiger charge is 2.42. The number of nitro groups is 1. The molecule has 116 valence electrons. The Hall–Kier alpha value is -0.890. The van der Waals surface area contributed by atoms with Gasteiger partial charge in [-0.15, -0.1) is 0 Å². The molecule has 1 fully saturated rings. The molecule has 0 heterocycles. The van der Waals surface area contributed by atoms with Crippen LogP contribution in [0.3, 0.4) is 0 Å². The minimum atomic E-state index is -0.482. The summed E-state index contributed by atoms with van der Waals surface area (Å²) < 4.78 is 16.3. The van der Waals surface area contributed by atoms with Crippen molar-refractivity contribution in [2.24, 2.45) is 0 Å². The maximum absolute atomic E-state index is 10.8. The highest BCUT2D eigenvalue weighted by Crippen LogP contribution is 2.37. The summed E-state index contributed by atoms with van der Waals surface area (Å²) in [6.07, 6.45) is 0.428. The van der Waals surface area contributed by atoms with Gasteiger partial charge in [0.25, 0.3) is 5.69 Å². The second-order valence-electron chi connectivity index (χ2n) is 4.61. The van der Waals surface area contributed by atoms with Gasteiger partial charge < -0.3 is 14.2 Å². The summed E-state index contributed by atoms with van der Waals surface area (Å²) >= 11 is 9.52. The van der Waals surface area contributed by atoms with Gasteiger partial charge in [0.15, 0.2) is 0 Å². The monoisotopic (exact) mass is 379 g/mol. The van der Waals surface area contributed by atoms with Crippen LogP contribution < -0.4 is 4.74 Å². The molecule has 1 aliphatic carbocycles. The molecule has 0 aromatic heterocycles. The number of alkyl halides is 1. The highest BCUT2D eigenvalue weighted by molar-refractivity contribution is 9.09. The number of nitrogens with zero attached hydrogens (tertiary/aromatic N) is 1. The molecule has 0 saturated heterocycles. The van der Waals surface area contributed by atoms with Crippen LogP contribution in [0.1, 0.15) is 6.42 Å². The summed E-state index contributed by atoms with van der Waals surface area (Å²) in [5.74, 6) is 0.301. The molecule has 6 nitrogen and oxygen atoms in total. The van der Waals surface area contributed by atoms with Crippen LogP contribution in [0.15, 0.2) is 18.2 Å². The number of rotatable bonds is 7. The van der Waals surface area contributed by atoms with Crippen molar-refractivity contribution in [1.29, 1.82) is 0 Å². The van der Waals surface area contributed by atoms with E-state index in [2.05, 4.69) is 15.9 Å². The number of non-ortho nitro benzene ring substituents is 1. The Bertz CT molecular complexity index is 515. The van der Waals surface area contributed by atoms with Crippen LogP contribution >= 0.6 is 27.5 Å². The van der Waals surface area contributed by atoms with Gasteiger partial charge in [0.2, 0.25) is 0 Å². The highest BCUT2D eigenvalue weighted by atomic mass is 79.9. The molecular weight excluding hydrogens is 366 g/mol. The van der Waals surface area contributed by atoms with E-state index in [1.165, 1.54) is 18.2 Å². The van der Waals surface area contributed by atoms with Gasteiger partial charge in [-0.2, -0.15) is 0 Å². The summed E-state index contributed by atoms with van der Waals surface area (Å²) in [5.41, 5.74) is -0.0547. The van der Waals surface area contributed by atoms with Gasteiger partial charge in [-0.25, -0.2) is 0 Å². The fourth-order valence-electron chi connectivity index (χ4n) is 1.98. The predicted molar refractivity (Wildman–Crippen MR) is 81.5 cm³/mol. The van der Waals surface area contributed by atoms with Crippen molar-refractivity contribution in [1.82, 2.24) is 0 Å². The Morgan fingerprint density at radius 2 is 2.24 bits per heavy atom. The zero-order valence-corrected chi connectivity index (χ0v) is 13.7. The zero-order chi connectivity index (χ0) is 15.4. The van der Waals surface area contributed by atoms with Crippen molar-refractivity contribution in [3.63, 3.8) is 0 Å². The van der Waals surface area contributed by atoms with Crippen molar-refractivity contribution < 1.29 is 19.1 Å². The third-order valence-electron chi connectivity index (χ3n) is 3.18. The molecule has 1 aromatic rings. The van der Waals surface area contributed by atoms with Crippen molar-refractivity contribution in [3.8, 4) is 5.75 Å². The third-order valence-corrected chi connectivity index (χ3v) is 4.39. The molecule has 0 N–H and O–H groups in total. The minimum Gasteiger partial charge on any atom is -0.486 e. The van der Waals surface area contributed by atoms with Gasteiger partial charge in [0.1, 0.15) is 18.0 Å². The van der Waals surface area contributed by atoms with Gasteiger partial charge in [-0.3, -0.25) is 10.1 Å². The number of methoxy groups -OCH3 is 1. The van der Waals surface area contributed by atoms with Crippen molar-refractivity contribution in [2.75, 3.05) is 20.3 Å². The summed E-state index contributed by atoms with van der Waals surface area (Å²) in [5, 5.41) is 11.1. The lowest BCUT2D eigenvalue weighted by Crippen LogP contribution is -2.52. The number of hydrogen-bond acceptors (Lipinski definition) is 5. The Morgan fingerprint density at radius 3 is 2.86 bits per heavy atom. The average molecular weight is 381 g/mol. The molecule has 0 radical (unpaired) electrons.